The van der Waals surface area contributed by atoms with Gasteiger partial charge in [0.05, 0.1) is 21.6 Å². The second-order valence-electron chi connectivity index (χ2n) is 15.7. The van der Waals surface area contributed by atoms with Gasteiger partial charge in [0.25, 0.3) is 5.91 Å². The fourth-order valence-electron chi connectivity index (χ4n) is 8.96. The summed E-state index contributed by atoms with van der Waals surface area (Å²) in [5.41, 5.74) is 1.61. The number of sulfonamides is 1. The molecule has 1 amide bonds. The molecular weight excluding hydrogens is 692 g/mol. The molecule has 4 heterocycles. The summed E-state index contributed by atoms with van der Waals surface area (Å²) >= 11 is 6.19. The number of rotatable bonds is 8. The highest BCUT2D eigenvalue weighted by Gasteiger charge is 2.44. The molecule has 7 rings (SSSR count). The fraction of sp³-hybridized carbons (Fsp3) is 0.487. The van der Waals surface area contributed by atoms with Gasteiger partial charge in [-0.1, -0.05) is 35.9 Å². The van der Waals surface area contributed by atoms with E-state index in [-0.39, 0.29) is 26.7 Å². The van der Waals surface area contributed by atoms with Crippen molar-refractivity contribution in [3.8, 4) is 0 Å². The Morgan fingerprint density at radius 1 is 0.980 bits per heavy atom. The number of aromatic nitrogens is 2. The monoisotopic (exact) mass is 737 g/mol. The van der Waals surface area contributed by atoms with Gasteiger partial charge in [0.2, 0.25) is 10.0 Å². The van der Waals surface area contributed by atoms with Gasteiger partial charge in [-0.15, -0.1) is 0 Å². The first-order valence-electron chi connectivity index (χ1n) is 17.9. The van der Waals surface area contributed by atoms with Crippen molar-refractivity contribution in [2.24, 2.45) is 0 Å². The number of hydrogen-bond donors (Lipinski definition) is 1. The summed E-state index contributed by atoms with van der Waals surface area (Å²) in [7, 11) is -4.13. The Hall–Kier alpha value is -3.38. The highest BCUT2D eigenvalue weighted by molar-refractivity contribution is 7.89. The Kier molecular flexibility index (Phi) is 9.56. The van der Waals surface area contributed by atoms with Gasteiger partial charge >= 0.3 is 0 Å². The normalized spacial score (nSPS) is 22.5. The van der Waals surface area contributed by atoms with Crippen LogP contribution in [0.2, 0.25) is 5.02 Å². The Labute approximate surface area is 304 Å². The maximum Gasteiger partial charge on any atom is 0.256 e. The first-order chi connectivity index (χ1) is 24.1. The van der Waals surface area contributed by atoms with E-state index in [0.717, 1.165) is 67.7 Å². The second-order valence-corrected chi connectivity index (χ2v) is 17.8. The van der Waals surface area contributed by atoms with Crippen LogP contribution in [0.25, 0.3) is 11.0 Å². The first kappa shape index (κ1) is 36.0. The van der Waals surface area contributed by atoms with Gasteiger partial charge in [0.15, 0.2) is 0 Å². The molecule has 3 saturated heterocycles. The Balaban J connectivity index is 1.08. The molecular formula is C39H46ClF2N5O3S. The van der Waals surface area contributed by atoms with Crippen molar-refractivity contribution in [2.75, 3.05) is 19.6 Å². The van der Waals surface area contributed by atoms with Crippen molar-refractivity contribution in [2.45, 2.75) is 107 Å². The average Bonchev–Trinajstić information content (AvgIpc) is 3.52. The molecule has 3 aromatic carbocycles. The van der Waals surface area contributed by atoms with Crippen LogP contribution in [0, 0.1) is 18.6 Å². The second kappa shape index (κ2) is 13.5. The molecule has 3 aliphatic rings. The van der Waals surface area contributed by atoms with Crippen molar-refractivity contribution < 1.29 is 22.0 Å². The van der Waals surface area contributed by atoms with E-state index in [4.69, 9.17) is 16.6 Å². The number of likely N-dealkylation sites (tertiary alicyclic amines) is 1. The van der Waals surface area contributed by atoms with E-state index in [9.17, 15) is 17.6 Å². The molecule has 2 bridgehead atoms. The summed E-state index contributed by atoms with van der Waals surface area (Å²) in [6.07, 6.45) is 6.36. The van der Waals surface area contributed by atoms with Crippen LogP contribution in [0.1, 0.15) is 93.5 Å². The molecule has 8 nitrogen and oxygen atoms in total. The van der Waals surface area contributed by atoms with E-state index < -0.39 is 27.3 Å². The quantitative estimate of drug-likeness (QED) is 0.200. The van der Waals surface area contributed by atoms with Crippen LogP contribution in [0.4, 0.5) is 8.78 Å². The third-order valence-electron chi connectivity index (χ3n) is 11.3. The molecule has 0 unspecified atom stereocenters. The number of hydrogen-bond acceptors (Lipinski definition) is 5. The number of nitrogens with one attached hydrogen (secondary N) is 1. The number of carbonyl (C=O) groups excluding carboxylic acids is 1. The van der Waals surface area contributed by atoms with Gasteiger partial charge in [0.1, 0.15) is 22.4 Å². The van der Waals surface area contributed by atoms with Crippen LogP contribution in [-0.2, 0) is 15.4 Å². The minimum absolute atomic E-state index is 0.295. The van der Waals surface area contributed by atoms with Gasteiger partial charge in [0, 0.05) is 36.8 Å². The SMILES string of the molecule is Cc1nc2ccccc2n1[C@H]1C[C@H]2CC[C@@H](C1)N2CCC1(c2cccc(F)c2)CCN(C(=O)c2cc(S(=O)(=O)NC(C)(C)C)c(Cl)cc2F)CC1. The Morgan fingerprint density at radius 3 is 2.33 bits per heavy atom. The lowest BCUT2D eigenvalue weighted by molar-refractivity contribution is 0.0602. The van der Waals surface area contributed by atoms with Crippen LogP contribution in [-0.4, -0.2) is 70.9 Å². The highest BCUT2D eigenvalue weighted by Crippen LogP contribution is 2.45. The van der Waals surface area contributed by atoms with E-state index in [1.54, 1.807) is 37.8 Å². The summed E-state index contributed by atoms with van der Waals surface area (Å²) < 4.78 is 61.1. The summed E-state index contributed by atoms with van der Waals surface area (Å²) in [4.78, 5) is 22.5. The molecule has 0 radical (unpaired) electrons. The maximum atomic E-state index is 15.2. The predicted molar refractivity (Wildman–Crippen MR) is 196 cm³/mol. The number of carbonyl (C=O) groups is 1. The number of benzene rings is 3. The number of halogens is 3. The van der Waals surface area contributed by atoms with Crippen molar-refractivity contribution in [3.63, 3.8) is 0 Å². The molecule has 12 heteroatoms. The lowest BCUT2D eigenvalue weighted by Gasteiger charge is -2.45. The minimum Gasteiger partial charge on any atom is -0.338 e. The predicted octanol–water partition coefficient (Wildman–Crippen LogP) is 7.79. The molecule has 0 saturated carbocycles. The zero-order valence-electron chi connectivity index (χ0n) is 29.6. The molecule has 3 aliphatic heterocycles. The molecule has 1 N–H and O–H groups in total. The molecule has 1 aromatic heterocycles. The zero-order chi connectivity index (χ0) is 36.3. The lowest BCUT2D eigenvalue weighted by Crippen LogP contribution is -2.49. The third kappa shape index (κ3) is 7.06. The largest absolute Gasteiger partial charge is 0.338 e. The number of imidazole rings is 1. The molecule has 3 fully saturated rings. The fourth-order valence-corrected chi connectivity index (χ4v) is 10.9. The Bertz CT molecular complexity index is 2060. The van der Waals surface area contributed by atoms with Crippen molar-refractivity contribution >= 4 is 38.6 Å². The van der Waals surface area contributed by atoms with Gasteiger partial charge in [-0.25, -0.2) is 26.9 Å². The molecule has 0 aliphatic carbocycles. The maximum absolute atomic E-state index is 15.2. The first-order valence-corrected chi connectivity index (χ1v) is 19.8. The van der Waals surface area contributed by atoms with Gasteiger partial charge in [-0.3, -0.25) is 9.69 Å². The van der Waals surface area contributed by atoms with Crippen LogP contribution in [0.5, 0.6) is 0 Å². The van der Waals surface area contributed by atoms with Crippen molar-refractivity contribution in [3.05, 3.63) is 94.3 Å². The van der Waals surface area contributed by atoms with E-state index in [2.05, 4.69) is 39.3 Å². The van der Waals surface area contributed by atoms with Crippen LogP contribution in [0.15, 0.2) is 65.6 Å². The van der Waals surface area contributed by atoms with Crippen LogP contribution < -0.4 is 4.72 Å². The minimum atomic E-state index is -4.13. The van der Waals surface area contributed by atoms with Gasteiger partial charge in [-0.05, 0) is 127 Å². The summed E-state index contributed by atoms with van der Waals surface area (Å²) in [5, 5.41) is -0.295. The molecule has 4 aromatic rings. The van der Waals surface area contributed by atoms with Gasteiger partial charge < -0.3 is 9.47 Å². The van der Waals surface area contributed by atoms with Crippen LogP contribution in [0.3, 0.4) is 0 Å². The summed E-state index contributed by atoms with van der Waals surface area (Å²) in [5.74, 6) is -0.709. The smallest absolute Gasteiger partial charge is 0.256 e. The summed E-state index contributed by atoms with van der Waals surface area (Å²) in [6.45, 7) is 8.66. The molecule has 51 heavy (non-hydrogen) atoms. The third-order valence-corrected chi connectivity index (χ3v) is 13.5. The Morgan fingerprint density at radius 2 is 1.67 bits per heavy atom. The lowest BCUT2D eigenvalue weighted by atomic mass is 9.70. The van der Waals surface area contributed by atoms with Crippen molar-refractivity contribution in [1.82, 2.24) is 24.1 Å². The van der Waals surface area contributed by atoms with Crippen molar-refractivity contribution in [1.29, 1.82) is 0 Å². The van der Waals surface area contributed by atoms with Gasteiger partial charge in [-0.2, -0.15) is 0 Å². The topological polar surface area (TPSA) is 87.5 Å². The van der Waals surface area contributed by atoms with E-state index in [1.165, 1.54) is 11.6 Å². The highest BCUT2D eigenvalue weighted by atomic mass is 35.5. The number of amides is 1. The number of piperidine rings is 2. The standard InChI is InChI=1S/C39H46ClF2N5O3S/c1-25-43-34-10-5-6-11-35(34)47(25)30-21-28-12-13-29(22-30)46(28)19-16-39(26-8-7-9-27(41)20-26)14-17-45(18-15-39)37(48)31-23-36(32(40)24-33(31)42)51(49,50)44-38(2,3)4/h5-11,20,23-24,28-30,44H,12-19,21-22H2,1-4H3/t28-,29+,30+. The zero-order valence-corrected chi connectivity index (χ0v) is 31.2. The number of nitrogens with zero attached hydrogens (tertiary/aromatic N) is 4. The average molecular weight is 738 g/mol. The van der Waals surface area contributed by atoms with Crippen LogP contribution >= 0.6 is 11.6 Å². The molecule has 3 atom stereocenters. The summed E-state index contributed by atoms with van der Waals surface area (Å²) in [6, 6.07) is 18.4. The number of fused-ring (bicyclic) bond motifs is 3. The van der Waals surface area contributed by atoms with E-state index >= 15 is 4.39 Å². The number of aryl methyl sites for hydroxylation is 1. The van der Waals surface area contributed by atoms with E-state index in [1.807, 2.05) is 12.1 Å². The molecule has 0 spiro atoms. The number of para-hydroxylation sites is 2. The van der Waals surface area contributed by atoms with E-state index in [0.29, 0.717) is 44.1 Å². The molecule has 272 valence electrons.